The Balaban J connectivity index is 1.21. The minimum Gasteiger partial charge on any atom is -0.374 e. The van der Waals surface area contributed by atoms with Gasteiger partial charge in [-0.15, -0.1) is 0 Å². The van der Waals surface area contributed by atoms with Gasteiger partial charge in [0.15, 0.2) is 5.78 Å². The van der Waals surface area contributed by atoms with E-state index in [1.807, 2.05) is 24.3 Å². The fraction of sp³-hybridized carbons (Fsp3) is 0.419. The number of benzene rings is 2. The largest absolute Gasteiger partial charge is 0.374 e. The third-order valence-corrected chi connectivity index (χ3v) is 8.80. The molecule has 1 aliphatic carbocycles. The number of likely N-dealkylation sites (tertiary alicyclic amines) is 1. The van der Waals surface area contributed by atoms with Gasteiger partial charge in [-0.1, -0.05) is 47.5 Å². The van der Waals surface area contributed by atoms with Gasteiger partial charge < -0.3 is 19.9 Å². The second-order valence-electron chi connectivity index (χ2n) is 10.8. The standard InChI is InChI=1S/C31H34Cl2FN3O3/c1-21(38)35-31(23-3-2-4-24(34)18-23)10-13-36(14-11-31)12-9-26-20-37(15-16-40-26)30-19-25(39)6-7-27(30)22-5-8-28(32)29(33)17-22/h2-5,7-8,17-19,26H,6,9-16,20H2,1H3,(H,35,38). The van der Waals surface area contributed by atoms with Gasteiger partial charge in [0.2, 0.25) is 5.91 Å². The van der Waals surface area contributed by atoms with Gasteiger partial charge in [0, 0.05) is 63.4 Å². The number of allylic oxidation sites excluding steroid dienone is 3. The maximum absolute atomic E-state index is 14.0. The Morgan fingerprint density at radius 1 is 1.12 bits per heavy atom. The quantitative estimate of drug-likeness (QED) is 0.459. The Bertz CT molecular complexity index is 1340. The van der Waals surface area contributed by atoms with Crippen LogP contribution in [-0.4, -0.2) is 66.9 Å². The summed E-state index contributed by atoms with van der Waals surface area (Å²) in [5.41, 5.74) is 3.08. The van der Waals surface area contributed by atoms with Crippen molar-refractivity contribution >= 4 is 40.5 Å². The molecule has 6 nitrogen and oxygen atoms in total. The summed E-state index contributed by atoms with van der Waals surface area (Å²) in [4.78, 5) is 29.0. The van der Waals surface area contributed by atoms with Crippen molar-refractivity contribution in [2.75, 3.05) is 39.3 Å². The highest BCUT2D eigenvalue weighted by molar-refractivity contribution is 6.42. The van der Waals surface area contributed by atoms with Crippen LogP contribution in [0.3, 0.4) is 0 Å². The highest BCUT2D eigenvalue weighted by Gasteiger charge is 2.37. The second kappa shape index (κ2) is 12.4. The van der Waals surface area contributed by atoms with E-state index in [4.69, 9.17) is 27.9 Å². The van der Waals surface area contributed by atoms with Gasteiger partial charge in [0.25, 0.3) is 0 Å². The number of morpholine rings is 1. The van der Waals surface area contributed by atoms with Crippen molar-refractivity contribution in [2.45, 2.75) is 44.2 Å². The molecule has 2 aromatic carbocycles. The van der Waals surface area contributed by atoms with E-state index in [1.54, 1.807) is 18.2 Å². The fourth-order valence-corrected chi connectivity index (χ4v) is 6.29. The molecule has 0 spiro atoms. The lowest BCUT2D eigenvalue weighted by molar-refractivity contribution is -0.121. The van der Waals surface area contributed by atoms with Crippen LogP contribution in [0.15, 0.2) is 60.3 Å². The minimum atomic E-state index is -0.560. The number of halogens is 3. The number of nitrogens with zero attached hydrogens (tertiary/aromatic N) is 2. The van der Waals surface area contributed by atoms with Crippen LogP contribution in [-0.2, 0) is 19.9 Å². The van der Waals surface area contributed by atoms with Crippen LogP contribution in [0.25, 0.3) is 5.57 Å². The number of amides is 1. The number of hydrogen-bond donors (Lipinski definition) is 1. The van der Waals surface area contributed by atoms with E-state index in [0.717, 1.165) is 48.5 Å². The molecule has 0 saturated carbocycles. The number of nitrogens with one attached hydrogen (secondary N) is 1. The summed E-state index contributed by atoms with van der Waals surface area (Å²) in [6.07, 6.45) is 6.34. The summed E-state index contributed by atoms with van der Waals surface area (Å²) in [6.45, 7) is 5.90. The summed E-state index contributed by atoms with van der Waals surface area (Å²) in [5.74, 6) is -0.329. The monoisotopic (exact) mass is 585 g/mol. The molecule has 0 radical (unpaired) electrons. The second-order valence-corrected chi connectivity index (χ2v) is 11.6. The van der Waals surface area contributed by atoms with Crippen molar-refractivity contribution in [3.63, 3.8) is 0 Å². The van der Waals surface area contributed by atoms with E-state index in [1.165, 1.54) is 19.1 Å². The molecule has 2 heterocycles. The molecule has 3 aliphatic rings. The van der Waals surface area contributed by atoms with E-state index in [0.29, 0.717) is 49.0 Å². The number of ether oxygens (including phenoxy) is 1. The third-order valence-electron chi connectivity index (χ3n) is 8.06. The highest BCUT2D eigenvalue weighted by Crippen LogP contribution is 2.36. The lowest BCUT2D eigenvalue weighted by Gasteiger charge is -2.43. The van der Waals surface area contributed by atoms with Crippen molar-refractivity contribution in [1.82, 2.24) is 15.1 Å². The first kappa shape index (κ1) is 28.8. The Morgan fingerprint density at radius 3 is 2.65 bits per heavy atom. The van der Waals surface area contributed by atoms with Crippen molar-refractivity contribution in [1.29, 1.82) is 0 Å². The molecule has 2 aromatic rings. The summed E-state index contributed by atoms with van der Waals surface area (Å²) in [7, 11) is 0. The first-order chi connectivity index (χ1) is 19.2. The number of hydrogen-bond acceptors (Lipinski definition) is 5. The lowest BCUT2D eigenvalue weighted by Crippen LogP contribution is -2.53. The molecule has 5 rings (SSSR count). The van der Waals surface area contributed by atoms with E-state index < -0.39 is 5.54 Å². The Kier molecular flexibility index (Phi) is 8.95. The first-order valence-corrected chi connectivity index (χ1v) is 14.5. The minimum absolute atomic E-state index is 0.0204. The SMILES string of the molecule is CC(=O)NC1(c2cccc(F)c2)CCN(CCC2CN(C3=CC(=O)CC=C3c3ccc(Cl)c(Cl)c3)CCO2)CC1. The molecule has 212 valence electrons. The number of rotatable bonds is 7. The number of piperidine rings is 1. The zero-order chi connectivity index (χ0) is 28.3. The average molecular weight is 587 g/mol. The lowest BCUT2D eigenvalue weighted by atomic mass is 9.80. The van der Waals surface area contributed by atoms with Crippen LogP contribution < -0.4 is 5.32 Å². The van der Waals surface area contributed by atoms with Crippen LogP contribution in [0.1, 0.15) is 43.7 Å². The van der Waals surface area contributed by atoms with Crippen LogP contribution in [0.4, 0.5) is 4.39 Å². The van der Waals surface area contributed by atoms with Gasteiger partial charge >= 0.3 is 0 Å². The van der Waals surface area contributed by atoms with Gasteiger partial charge in [-0.25, -0.2) is 4.39 Å². The summed E-state index contributed by atoms with van der Waals surface area (Å²) < 4.78 is 20.1. The van der Waals surface area contributed by atoms with Crippen LogP contribution in [0, 0.1) is 5.82 Å². The molecule has 2 saturated heterocycles. The Hall–Kier alpha value is -2.71. The number of carbonyl (C=O) groups is 2. The molecular weight excluding hydrogens is 552 g/mol. The van der Waals surface area contributed by atoms with Crippen molar-refractivity contribution in [3.8, 4) is 0 Å². The third kappa shape index (κ3) is 6.60. The molecule has 9 heteroatoms. The van der Waals surface area contributed by atoms with Crippen molar-refractivity contribution < 1.29 is 18.7 Å². The topological polar surface area (TPSA) is 61.9 Å². The molecule has 1 amide bonds. The molecule has 1 atom stereocenters. The predicted molar refractivity (Wildman–Crippen MR) is 156 cm³/mol. The molecule has 1 unspecified atom stereocenters. The van der Waals surface area contributed by atoms with Gasteiger partial charge in [-0.3, -0.25) is 9.59 Å². The van der Waals surface area contributed by atoms with E-state index in [-0.39, 0.29) is 23.6 Å². The van der Waals surface area contributed by atoms with Crippen LogP contribution in [0.5, 0.6) is 0 Å². The van der Waals surface area contributed by atoms with E-state index in [9.17, 15) is 14.0 Å². The number of carbonyl (C=O) groups excluding carboxylic acids is 2. The van der Waals surface area contributed by atoms with Crippen LogP contribution in [0.2, 0.25) is 10.0 Å². The summed E-state index contributed by atoms with van der Waals surface area (Å²) in [6, 6.07) is 12.1. The maximum Gasteiger partial charge on any atom is 0.217 e. The van der Waals surface area contributed by atoms with Gasteiger partial charge in [-0.2, -0.15) is 0 Å². The molecular formula is C31H34Cl2FN3O3. The zero-order valence-electron chi connectivity index (χ0n) is 22.6. The first-order valence-electron chi connectivity index (χ1n) is 13.8. The smallest absolute Gasteiger partial charge is 0.217 e. The predicted octanol–water partition coefficient (Wildman–Crippen LogP) is 5.59. The zero-order valence-corrected chi connectivity index (χ0v) is 24.1. The summed E-state index contributed by atoms with van der Waals surface area (Å²) in [5, 5.41) is 4.10. The van der Waals surface area contributed by atoms with Gasteiger partial charge in [0.1, 0.15) is 5.82 Å². The van der Waals surface area contributed by atoms with E-state index in [2.05, 4.69) is 15.1 Å². The molecule has 2 aliphatic heterocycles. The normalized spacial score (nSPS) is 21.6. The fourth-order valence-electron chi connectivity index (χ4n) is 5.99. The molecule has 2 fully saturated rings. The maximum atomic E-state index is 14.0. The van der Waals surface area contributed by atoms with Gasteiger partial charge in [0.05, 0.1) is 28.3 Å². The average Bonchev–Trinajstić information content (AvgIpc) is 2.94. The number of ketones is 1. The van der Waals surface area contributed by atoms with Crippen LogP contribution >= 0.6 is 23.2 Å². The molecule has 0 bridgehead atoms. The molecule has 0 aromatic heterocycles. The molecule has 1 N–H and O–H groups in total. The van der Waals surface area contributed by atoms with Gasteiger partial charge in [-0.05, 0) is 54.7 Å². The van der Waals surface area contributed by atoms with Crippen molar-refractivity contribution in [3.05, 3.63) is 87.3 Å². The molecule has 40 heavy (non-hydrogen) atoms. The highest BCUT2D eigenvalue weighted by atomic mass is 35.5. The Labute approximate surface area is 244 Å². The summed E-state index contributed by atoms with van der Waals surface area (Å²) >= 11 is 12.4. The van der Waals surface area contributed by atoms with E-state index >= 15 is 0 Å². The van der Waals surface area contributed by atoms with Crippen molar-refractivity contribution in [2.24, 2.45) is 0 Å². The Morgan fingerprint density at radius 2 is 1.93 bits per heavy atom.